The molecule has 1 aliphatic rings. The van der Waals surface area contributed by atoms with Crippen LogP contribution in [-0.4, -0.2) is 33.7 Å². The van der Waals surface area contributed by atoms with Gasteiger partial charge in [0.25, 0.3) is 0 Å². The van der Waals surface area contributed by atoms with E-state index >= 15 is 0 Å². The van der Waals surface area contributed by atoms with Gasteiger partial charge in [0.2, 0.25) is 0 Å². The van der Waals surface area contributed by atoms with Gasteiger partial charge in [-0.2, -0.15) is 13.2 Å². The Morgan fingerprint density at radius 1 is 1.11 bits per heavy atom. The van der Waals surface area contributed by atoms with Crippen LogP contribution < -0.4 is 10.6 Å². The van der Waals surface area contributed by atoms with Gasteiger partial charge in [-0.1, -0.05) is 12.1 Å². The SMILES string of the molecule is FC(F)(F)c1cccc(-c2cnc3ccc(NC4CCCNCC4)nn23)c1. The van der Waals surface area contributed by atoms with Crippen molar-refractivity contribution in [2.75, 3.05) is 18.4 Å². The van der Waals surface area contributed by atoms with Crippen molar-refractivity contribution < 1.29 is 13.2 Å². The number of hydrogen-bond acceptors (Lipinski definition) is 4. The molecule has 0 spiro atoms. The topological polar surface area (TPSA) is 54.2 Å². The molecule has 0 saturated carbocycles. The second-order valence-corrected chi connectivity index (χ2v) is 6.73. The van der Waals surface area contributed by atoms with E-state index in [1.54, 1.807) is 16.8 Å². The molecule has 2 N–H and O–H groups in total. The van der Waals surface area contributed by atoms with Crippen molar-refractivity contribution in [3.8, 4) is 11.3 Å². The molecule has 3 aromatic rings. The highest BCUT2D eigenvalue weighted by Gasteiger charge is 2.30. The summed E-state index contributed by atoms with van der Waals surface area (Å²) in [5.41, 5.74) is 0.869. The largest absolute Gasteiger partial charge is 0.416 e. The van der Waals surface area contributed by atoms with Gasteiger partial charge in [0.1, 0.15) is 5.82 Å². The van der Waals surface area contributed by atoms with Gasteiger partial charge in [-0.3, -0.25) is 0 Å². The predicted molar refractivity (Wildman–Crippen MR) is 97.6 cm³/mol. The Kier molecular flexibility index (Phi) is 4.73. The highest BCUT2D eigenvalue weighted by Crippen LogP contribution is 2.32. The number of anilines is 1. The zero-order valence-electron chi connectivity index (χ0n) is 14.6. The molecular weight excluding hydrogens is 355 g/mol. The lowest BCUT2D eigenvalue weighted by atomic mass is 10.1. The molecule has 1 aromatic carbocycles. The molecule has 0 amide bonds. The Balaban J connectivity index is 1.66. The monoisotopic (exact) mass is 375 g/mol. The third-order valence-electron chi connectivity index (χ3n) is 4.78. The van der Waals surface area contributed by atoms with Gasteiger partial charge >= 0.3 is 6.18 Å². The van der Waals surface area contributed by atoms with E-state index in [0.29, 0.717) is 28.8 Å². The number of nitrogens with one attached hydrogen (secondary N) is 2. The minimum atomic E-state index is -4.38. The first kappa shape index (κ1) is 17.8. The fraction of sp³-hybridized carbons (Fsp3) is 0.368. The normalized spacial score (nSPS) is 18.4. The Morgan fingerprint density at radius 3 is 2.85 bits per heavy atom. The van der Waals surface area contributed by atoms with Gasteiger partial charge in [-0.05, 0) is 56.6 Å². The number of rotatable bonds is 3. The first-order chi connectivity index (χ1) is 13.0. The second-order valence-electron chi connectivity index (χ2n) is 6.73. The highest BCUT2D eigenvalue weighted by molar-refractivity contribution is 5.64. The highest BCUT2D eigenvalue weighted by atomic mass is 19.4. The molecule has 3 heterocycles. The first-order valence-corrected chi connectivity index (χ1v) is 9.00. The molecule has 0 bridgehead atoms. The summed E-state index contributed by atoms with van der Waals surface area (Å²) in [5.74, 6) is 0.695. The number of halogens is 3. The van der Waals surface area contributed by atoms with Crippen LogP contribution in [0.15, 0.2) is 42.6 Å². The van der Waals surface area contributed by atoms with E-state index in [4.69, 9.17) is 0 Å². The summed E-state index contributed by atoms with van der Waals surface area (Å²) in [6, 6.07) is 9.23. The van der Waals surface area contributed by atoms with Gasteiger partial charge in [-0.25, -0.2) is 9.50 Å². The number of fused-ring (bicyclic) bond motifs is 1. The number of aromatic nitrogens is 3. The summed E-state index contributed by atoms with van der Waals surface area (Å²) in [7, 11) is 0. The lowest BCUT2D eigenvalue weighted by molar-refractivity contribution is -0.137. The van der Waals surface area contributed by atoms with Gasteiger partial charge in [0.05, 0.1) is 17.5 Å². The zero-order valence-corrected chi connectivity index (χ0v) is 14.6. The predicted octanol–water partition coefficient (Wildman–Crippen LogP) is 3.97. The first-order valence-electron chi connectivity index (χ1n) is 9.00. The van der Waals surface area contributed by atoms with Crippen LogP contribution in [0.5, 0.6) is 0 Å². The number of nitrogens with zero attached hydrogens (tertiary/aromatic N) is 3. The van der Waals surface area contributed by atoms with Gasteiger partial charge < -0.3 is 10.6 Å². The van der Waals surface area contributed by atoms with E-state index in [-0.39, 0.29) is 0 Å². The number of hydrogen-bond donors (Lipinski definition) is 2. The zero-order chi connectivity index (χ0) is 18.9. The maximum atomic E-state index is 13.0. The summed E-state index contributed by atoms with van der Waals surface area (Å²) in [5, 5.41) is 11.4. The van der Waals surface area contributed by atoms with Crippen LogP contribution in [-0.2, 0) is 6.18 Å². The molecule has 142 valence electrons. The average Bonchev–Trinajstić information content (AvgIpc) is 2.89. The van der Waals surface area contributed by atoms with Crippen molar-refractivity contribution >= 4 is 11.5 Å². The standard InChI is InChI=1S/C19H20F3N5/c20-19(21,22)14-4-1-3-13(11-14)16-12-24-18-7-6-17(26-27(16)18)25-15-5-2-9-23-10-8-15/h1,3-4,6-7,11-12,15,23H,2,5,8-10H2,(H,25,26). The van der Waals surface area contributed by atoms with Crippen molar-refractivity contribution in [2.45, 2.75) is 31.5 Å². The minimum absolute atomic E-state index is 0.325. The number of benzene rings is 1. The second kappa shape index (κ2) is 7.19. The molecule has 1 unspecified atom stereocenters. The molecule has 5 nitrogen and oxygen atoms in total. The molecular formula is C19H20F3N5. The molecule has 0 aliphatic carbocycles. The van der Waals surface area contributed by atoms with E-state index in [1.807, 2.05) is 12.1 Å². The van der Waals surface area contributed by atoms with Crippen LogP contribution in [0.4, 0.5) is 19.0 Å². The van der Waals surface area contributed by atoms with E-state index in [1.165, 1.54) is 6.07 Å². The minimum Gasteiger partial charge on any atom is -0.366 e. The molecule has 1 saturated heterocycles. The molecule has 1 atom stereocenters. The fourth-order valence-electron chi connectivity index (χ4n) is 3.37. The Morgan fingerprint density at radius 2 is 2.00 bits per heavy atom. The lowest BCUT2D eigenvalue weighted by Crippen LogP contribution is -2.22. The fourth-order valence-corrected chi connectivity index (χ4v) is 3.37. The third-order valence-corrected chi connectivity index (χ3v) is 4.78. The van der Waals surface area contributed by atoms with Crippen LogP contribution in [0.1, 0.15) is 24.8 Å². The summed E-state index contributed by atoms with van der Waals surface area (Å²) >= 11 is 0. The third kappa shape index (κ3) is 3.90. The quantitative estimate of drug-likeness (QED) is 0.727. The number of imidazole rings is 1. The lowest BCUT2D eigenvalue weighted by Gasteiger charge is -2.16. The molecule has 2 aromatic heterocycles. The maximum Gasteiger partial charge on any atom is 0.416 e. The van der Waals surface area contributed by atoms with Crippen LogP contribution in [0.3, 0.4) is 0 Å². The summed E-state index contributed by atoms with van der Waals surface area (Å²) in [6.07, 6.45) is 0.322. The molecule has 4 rings (SSSR count). The Bertz CT molecular complexity index is 926. The smallest absolute Gasteiger partial charge is 0.366 e. The molecule has 1 aliphatic heterocycles. The van der Waals surface area contributed by atoms with Crippen LogP contribution in [0.25, 0.3) is 16.9 Å². The van der Waals surface area contributed by atoms with Crippen molar-refractivity contribution in [3.63, 3.8) is 0 Å². The molecule has 1 fully saturated rings. The van der Waals surface area contributed by atoms with E-state index in [9.17, 15) is 13.2 Å². The Labute approximate surface area is 154 Å². The summed E-state index contributed by atoms with van der Waals surface area (Å²) < 4.78 is 40.7. The molecule has 27 heavy (non-hydrogen) atoms. The van der Waals surface area contributed by atoms with Crippen LogP contribution >= 0.6 is 0 Å². The van der Waals surface area contributed by atoms with Crippen molar-refractivity contribution in [1.82, 2.24) is 19.9 Å². The van der Waals surface area contributed by atoms with Gasteiger partial charge in [0, 0.05) is 11.6 Å². The molecule has 0 radical (unpaired) electrons. The van der Waals surface area contributed by atoms with Crippen molar-refractivity contribution in [3.05, 3.63) is 48.2 Å². The average molecular weight is 375 g/mol. The van der Waals surface area contributed by atoms with E-state index in [0.717, 1.165) is 44.5 Å². The number of alkyl halides is 3. The van der Waals surface area contributed by atoms with Gasteiger partial charge in [-0.15, -0.1) is 5.10 Å². The Hall–Kier alpha value is -2.61. The van der Waals surface area contributed by atoms with E-state index in [2.05, 4.69) is 20.7 Å². The van der Waals surface area contributed by atoms with Crippen LogP contribution in [0.2, 0.25) is 0 Å². The maximum absolute atomic E-state index is 13.0. The molecule has 8 heteroatoms. The van der Waals surface area contributed by atoms with Crippen molar-refractivity contribution in [2.24, 2.45) is 0 Å². The van der Waals surface area contributed by atoms with Crippen molar-refractivity contribution in [1.29, 1.82) is 0 Å². The van der Waals surface area contributed by atoms with E-state index < -0.39 is 11.7 Å². The summed E-state index contributed by atoms with van der Waals surface area (Å²) in [6.45, 7) is 1.98. The van der Waals surface area contributed by atoms with Gasteiger partial charge in [0.15, 0.2) is 5.65 Å². The van der Waals surface area contributed by atoms with Crippen LogP contribution in [0, 0.1) is 0 Å². The summed E-state index contributed by atoms with van der Waals surface area (Å²) in [4.78, 5) is 4.27.